The highest BCUT2D eigenvalue weighted by molar-refractivity contribution is 7.87. The van der Waals surface area contributed by atoms with Gasteiger partial charge in [-0.15, -0.1) is 0 Å². The fourth-order valence-electron chi connectivity index (χ4n) is 4.20. The number of carbonyl (C=O) groups excluding carboxylic acids is 1. The minimum atomic E-state index is -4.05. The molecule has 2 heterocycles. The van der Waals surface area contributed by atoms with Crippen molar-refractivity contribution in [2.45, 2.75) is 103 Å². The Kier molecular flexibility index (Phi) is 9.18. The van der Waals surface area contributed by atoms with Gasteiger partial charge in [-0.05, 0) is 68.1 Å². The molecule has 2 rings (SSSR count). The molecular weight excluding hydrogens is 491 g/mol. The first-order valence-electron chi connectivity index (χ1n) is 12.3. The minimum absolute atomic E-state index is 0.00774. The number of hydrogen-bond donors (Lipinski definition) is 4. The molecule has 3 unspecified atom stereocenters. The molecule has 14 heteroatoms. The molecule has 0 aromatic heterocycles. The zero-order valence-electron chi connectivity index (χ0n) is 22.7. The van der Waals surface area contributed by atoms with Gasteiger partial charge in [-0.25, -0.2) is 4.79 Å². The third-order valence-corrected chi connectivity index (χ3v) is 8.58. The van der Waals surface area contributed by atoms with Crippen molar-refractivity contribution in [1.29, 1.82) is 0 Å². The minimum Gasteiger partial charge on any atom is -0.480 e. The summed E-state index contributed by atoms with van der Waals surface area (Å²) in [5.74, 6) is -1.84. The lowest BCUT2D eigenvalue weighted by Gasteiger charge is -2.32. The second-order valence-electron chi connectivity index (χ2n) is 11.9. The molecule has 3 atom stereocenters. The molecule has 0 radical (unpaired) electrons. The van der Waals surface area contributed by atoms with E-state index in [1.54, 1.807) is 27.7 Å². The van der Waals surface area contributed by atoms with Crippen LogP contribution in [0.5, 0.6) is 0 Å². The largest absolute Gasteiger partial charge is 0.480 e. The highest BCUT2D eigenvalue weighted by atomic mass is 32.2. The van der Waals surface area contributed by atoms with Gasteiger partial charge in [-0.1, -0.05) is 6.42 Å². The van der Waals surface area contributed by atoms with E-state index in [0.29, 0.717) is 19.2 Å². The Morgan fingerprint density at radius 1 is 1.22 bits per heavy atom. The van der Waals surface area contributed by atoms with Crippen molar-refractivity contribution < 1.29 is 37.2 Å². The van der Waals surface area contributed by atoms with Gasteiger partial charge in [0, 0.05) is 31.6 Å². The van der Waals surface area contributed by atoms with Gasteiger partial charge < -0.3 is 30.2 Å². The lowest BCUT2D eigenvalue weighted by atomic mass is 9.78. The third kappa shape index (κ3) is 7.54. The summed E-state index contributed by atoms with van der Waals surface area (Å²) in [5.41, 5.74) is 2.91. The second-order valence-corrected chi connectivity index (χ2v) is 13.6. The van der Waals surface area contributed by atoms with Crippen molar-refractivity contribution in [3.05, 3.63) is 0 Å². The molecule has 208 valence electrons. The lowest BCUT2D eigenvalue weighted by Crippen LogP contribution is -2.55. The van der Waals surface area contributed by atoms with Crippen molar-refractivity contribution in [3.8, 4) is 0 Å². The summed E-state index contributed by atoms with van der Waals surface area (Å²) in [4.78, 5) is 23.9. The molecule has 36 heavy (non-hydrogen) atoms. The molecule has 12 nitrogen and oxygen atoms in total. The SMILES string of the molecule is CC(CNC(=O)OC(C)(C)C)NS(=O)(=O)N1CC(CCCB2OC(C)(C)C(C)(C)O2)C(N)(C(=O)O)C1. The third-order valence-electron chi connectivity index (χ3n) is 6.92. The summed E-state index contributed by atoms with van der Waals surface area (Å²) >= 11 is 0. The summed E-state index contributed by atoms with van der Waals surface area (Å²) in [6, 6.07) is -0.665. The summed E-state index contributed by atoms with van der Waals surface area (Å²) in [7, 11) is -4.48. The van der Waals surface area contributed by atoms with Gasteiger partial charge in [0.05, 0.1) is 11.2 Å². The van der Waals surface area contributed by atoms with Crippen LogP contribution in [0.15, 0.2) is 0 Å². The number of alkyl carbamates (subject to hydrolysis) is 1. The van der Waals surface area contributed by atoms with Crippen molar-refractivity contribution in [3.63, 3.8) is 0 Å². The zero-order valence-corrected chi connectivity index (χ0v) is 23.5. The Balaban J connectivity index is 1.95. The summed E-state index contributed by atoms with van der Waals surface area (Å²) in [5, 5.41) is 12.3. The number of hydrogen-bond acceptors (Lipinski definition) is 8. The normalized spacial score (nSPS) is 27.1. The number of ether oxygens (including phenoxy) is 1. The van der Waals surface area contributed by atoms with Gasteiger partial charge in [0.15, 0.2) is 0 Å². The molecule has 2 saturated heterocycles. The summed E-state index contributed by atoms with van der Waals surface area (Å²) < 4.78 is 46.6. The molecule has 2 fully saturated rings. The van der Waals surface area contributed by atoms with E-state index < -0.39 is 63.7 Å². The molecule has 0 aromatic rings. The molecule has 2 aliphatic heterocycles. The quantitative estimate of drug-likeness (QED) is 0.302. The molecular formula is C22H43BN4O8S. The fourth-order valence-corrected chi connectivity index (χ4v) is 5.70. The summed E-state index contributed by atoms with van der Waals surface area (Å²) in [6.07, 6.45) is 0.834. The molecule has 0 spiro atoms. The van der Waals surface area contributed by atoms with Gasteiger partial charge in [0.1, 0.15) is 11.1 Å². The number of aliphatic carboxylic acids is 1. The van der Waals surface area contributed by atoms with E-state index in [9.17, 15) is 23.1 Å². The van der Waals surface area contributed by atoms with Gasteiger partial charge in [-0.2, -0.15) is 17.4 Å². The van der Waals surface area contributed by atoms with Gasteiger partial charge in [0.2, 0.25) is 0 Å². The van der Waals surface area contributed by atoms with Crippen LogP contribution in [0.3, 0.4) is 0 Å². The number of amides is 1. The molecule has 0 bridgehead atoms. The van der Waals surface area contributed by atoms with E-state index in [4.69, 9.17) is 19.8 Å². The molecule has 0 aliphatic carbocycles. The van der Waals surface area contributed by atoms with Crippen molar-refractivity contribution in [2.75, 3.05) is 19.6 Å². The molecule has 1 amide bonds. The first-order valence-corrected chi connectivity index (χ1v) is 13.7. The van der Waals surface area contributed by atoms with E-state index in [1.165, 1.54) is 0 Å². The number of carbonyl (C=O) groups is 2. The number of nitrogens with zero attached hydrogens (tertiary/aromatic N) is 1. The lowest BCUT2D eigenvalue weighted by molar-refractivity contribution is -0.144. The maximum atomic E-state index is 13.0. The Morgan fingerprint density at radius 3 is 2.28 bits per heavy atom. The first kappa shape index (κ1) is 30.8. The Bertz CT molecular complexity index is 907. The topological polar surface area (TPSA) is 170 Å². The number of rotatable bonds is 10. The molecule has 0 aromatic carbocycles. The van der Waals surface area contributed by atoms with Crippen molar-refractivity contribution in [1.82, 2.24) is 14.3 Å². The Labute approximate surface area is 215 Å². The van der Waals surface area contributed by atoms with E-state index in [-0.39, 0.29) is 19.6 Å². The number of nitrogens with two attached hydrogens (primary N) is 1. The van der Waals surface area contributed by atoms with Crippen LogP contribution >= 0.6 is 0 Å². The average Bonchev–Trinajstić information content (AvgIpc) is 3.12. The summed E-state index contributed by atoms with van der Waals surface area (Å²) in [6.45, 7) is 14.2. The van der Waals surface area contributed by atoms with Crippen LogP contribution in [0.1, 0.15) is 68.2 Å². The van der Waals surface area contributed by atoms with Crippen LogP contribution in [-0.4, -0.2) is 85.0 Å². The van der Waals surface area contributed by atoms with Crippen LogP contribution < -0.4 is 15.8 Å². The Hall–Kier alpha value is -1.45. The van der Waals surface area contributed by atoms with Crippen LogP contribution in [0.4, 0.5) is 4.79 Å². The van der Waals surface area contributed by atoms with Crippen molar-refractivity contribution in [2.24, 2.45) is 11.7 Å². The number of nitrogens with one attached hydrogen (secondary N) is 2. The number of carboxylic acids is 1. The van der Waals surface area contributed by atoms with Crippen LogP contribution in [0.25, 0.3) is 0 Å². The highest BCUT2D eigenvalue weighted by Gasteiger charge is 2.53. The zero-order chi connectivity index (χ0) is 27.7. The highest BCUT2D eigenvalue weighted by Crippen LogP contribution is 2.39. The van der Waals surface area contributed by atoms with Gasteiger partial charge in [0.25, 0.3) is 10.2 Å². The van der Waals surface area contributed by atoms with E-state index in [2.05, 4.69) is 10.0 Å². The molecule has 2 aliphatic rings. The smallest absolute Gasteiger partial charge is 0.457 e. The molecule has 5 N–H and O–H groups in total. The van der Waals surface area contributed by atoms with Crippen LogP contribution in [-0.2, 0) is 29.0 Å². The first-order chi connectivity index (χ1) is 16.2. The monoisotopic (exact) mass is 534 g/mol. The van der Waals surface area contributed by atoms with E-state index in [1.807, 2.05) is 27.7 Å². The predicted octanol–water partition coefficient (Wildman–Crippen LogP) is 1.32. The Morgan fingerprint density at radius 2 is 1.78 bits per heavy atom. The second kappa shape index (κ2) is 10.7. The standard InChI is InChI=1S/C22H43BN4O8S/c1-15(12-25-18(30)33-19(2,3)4)26-36(31,32)27-13-16(22(24,14-27)17(28)29)10-9-11-23-34-20(5,6)21(7,8)35-23/h15-16,26H,9-14,24H2,1-8H3,(H,25,30)(H,28,29). The van der Waals surface area contributed by atoms with Gasteiger partial charge >= 0.3 is 19.2 Å². The van der Waals surface area contributed by atoms with E-state index >= 15 is 0 Å². The van der Waals surface area contributed by atoms with Crippen molar-refractivity contribution >= 4 is 29.4 Å². The van der Waals surface area contributed by atoms with Crippen LogP contribution in [0.2, 0.25) is 6.32 Å². The molecule has 0 saturated carbocycles. The maximum absolute atomic E-state index is 13.0. The predicted molar refractivity (Wildman–Crippen MR) is 135 cm³/mol. The van der Waals surface area contributed by atoms with Gasteiger partial charge in [-0.3, -0.25) is 4.79 Å². The fraction of sp³-hybridized carbons (Fsp3) is 0.909. The number of carboxylic acid groups (broad SMARTS) is 1. The average molecular weight is 534 g/mol. The maximum Gasteiger partial charge on any atom is 0.457 e. The van der Waals surface area contributed by atoms with E-state index in [0.717, 1.165) is 4.31 Å². The van der Waals surface area contributed by atoms with Crippen LogP contribution in [0, 0.1) is 5.92 Å².